The Hall–Kier alpha value is -1.01. The van der Waals surface area contributed by atoms with Gasteiger partial charge in [-0.05, 0) is 25.8 Å². The number of guanidine groups is 1. The van der Waals surface area contributed by atoms with Crippen LogP contribution in [0.5, 0.6) is 5.88 Å². The molecule has 1 atom stereocenters. The fraction of sp³-hybridized carbons (Fsp3) is 0.625. The van der Waals surface area contributed by atoms with Crippen LogP contribution in [0.4, 0.5) is 13.2 Å². The van der Waals surface area contributed by atoms with Crippen molar-refractivity contribution in [1.82, 2.24) is 15.6 Å². The van der Waals surface area contributed by atoms with Crippen LogP contribution in [0.15, 0.2) is 17.3 Å². The highest BCUT2D eigenvalue weighted by Gasteiger charge is 2.32. The topological polar surface area (TPSA) is 67.8 Å². The van der Waals surface area contributed by atoms with Crippen molar-refractivity contribution in [2.24, 2.45) is 4.99 Å². The van der Waals surface area contributed by atoms with Crippen LogP contribution in [0.3, 0.4) is 0 Å². The van der Waals surface area contributed by atoms with Crippen LogP contribution in [0, 0.1) is 0 Å². The number of ether oxygens (including phenoxy) is 2. The Kier molecular flexibility index (Phi) is 9.35. The predicted molar refractivity (Wildman–Crippen MR) is 108 cm³/mol. The molecule has 1 aliphatic rings. The molecular weight excluding hydrogens is 500 g/mol. The third-order valence-corrected chi connectivity index (χ3v) is 4.19. The van der Waals surface area contributed by atoms with Gasteiger partial charge in [0, 0.05) is 26.4 Å². The Morgan fingerprint density at radius 2 is 2.19 bits per heavy atom. The molecule has 6 nitrogen and oxygen atoms in total. The lowest BCUT2D eigenvalue weighted by Crippen LogP contribution is -2.46. The number of pyridine rings is 1. The molecule has 1 saturated heterocycles. The van der Waals surface area contributed by atoms with E-state index in [9.17, 15) is 13.2 Å². The number of rotatable bonds is 6. The van der Waals surface area contributed by atoms with Crippen molar-refractivity contribution in [3.8, 4) is 5.88 Å². The molecule has 154 valence electrons. The molecule has 1 aromatic rings. The second kappa shape index (κ2) is 10.5. The molecule has 0 bridgehead atoms. The Morgan fingerprint density at radius 3 is 2.74 bits per heavy atom. The van der Waals surface area contributed by atoms with E-state index in [1.165, 1.54) is 0 Å². The van der Waals surface area contributed by atoms with E-state index in [2.05, 4.69) is 20.6 Å². The summed E-state index contributed by atoms with van der Waals surface area (Å²) in [6, 6.07) is 0.792. The van der Waals surface area contributed by atoms with Crippen LogP contribution in [0.1, 0.15) is 25.3 Å². The number of aromatic nitrogens is 1. The van der Waals surface area contributed by atoms with Gasteiger partial charge in [-0.25, -0.2) is 4.98 Å². The lowest BCUT2D eigenvalue weighted by Gasteiger charge is -2.24. The van der Waals surface area contributed by atoms with Gasteiger partial charge in [0.2, 0.25) is 5.88 Å². The average Bonchev–Trinajstić information content (AvgIpc) is 3.01. The van der Waals surface area contributed by atoms with E-state index in [0.717, 1.165) is 25.5 Å². The summed E-state index contributed by atoms with van der Waals surface area (Å²) in [5.41, 5.74) is -1.12. The molecule has 1 fully saturated rings. The molecule has 0 saturated carbocycles. The molecule has 0 amide bonds. The van der Waals surface area contributed by atoms with Gasteiger partial charge in [-0.2, -0.15) is 13.2 Å². The van der Waals surface area contributed by atoms with Crippen LogP contribution in [-0.4, -0.2) is 49.9 Å². The van der Waals surface area contributed by atoms with Crippen LogP contribution >= 0.6 is 35.6 Å². The molecule has 27 heavy (non-hydrogen) atoms. The molecule has 11 heteroatoms. The minimum atomic E-state index is -4.49. The highest BCUT2D eigenvalue weighted by molar-refractivity contribution is 14.0. The predicted octanol–water partition coefficient (Wildman–Crippen LogP) is 3.48. The summed E-state index contributed by atoms with van der Waals surface area (Å²) in [6.07, 6.45) is -1.77. The van der Waals surface area contributed by atoms with E-state index in [1.807, 2.05) is 6.92 Å². The summed E-state index contributed by atoms with van der Waals surface area (Å²) in [5, 5.41) is 6.03. The van der Waals surface area contributed by atoms with E-state index < -0.39 is 11.7 Å². The molecule has 0 radical (unpaired) electrons. The first kappa shape index (κ1) is 24.0. The fourth-order valence-electron chi connectivity index (χ4n) is 2.47. The Morgan fingerprint density at radius 1 is 1.44 bits per heavy atom. The van der Waals surface area contributed by atoms with E-state index in [0.29, 0.717) is 25.2 Å². The number of aliphatic imine (C=N–C) groups is 1. The van der Waals surface area contributed by atoms with Crippen molar-refractivity contribution in [3.05, 3.63) is 22.8 Å². The lowest BCUT2D eigenvalue weighted by atomic mass is 10.0. The number of alkyl halides is 3. The van der Waals surface area contributed by atoms with Crippen molar-refractivity contribution in [2.75, 3.05) is 33.4 Å². The summed E-state index contributed by atoms with van der Waals surface area (Å²) in [6.45, 7) is 3.96. The molecule has 0 spiro atoms. The summed E-state index contributed by atoms with van der Waals surface area (Å²) in [5.74, 6) is 0.535. The Bertz CT molecular complexity index is 641. The molecule has 1 unspecified atom stereocenters. The molecule has 2 rings (SSSR count). The SMILES string of the molecule is CN=C(NCCOc1ncc(C(F)(F)F)cc1Cl)NCC1(C)CCCO1.I. The van der Waals surface area contributed by atoms with Crippen molar-refractivity contribution < 1.29 is 22.6 Å². The van der Waals surface area contributed by atoms with Crippen LogP contribution < -0.4 is 15.4 Å². The summed E-state index contributed by atoms with van der Waals surface area (Å²) in [7, 11) is 1.64. The van der Waals surface area contributed by atoms with Gasteiger partial charge in [0.1, 0.15) is 11.6 Å². The number of nitrogens with one attached hydrogen (secondary N) is 2. The zero-order valence-electron chi connectivity index (χ0n) is 15.0. The first-order valence-corrected chi connectivity index (χ1v) is 8.55. The molecular formula is C16H23ClF3IN4O2. The van der Waals surface area contributed by atoms with Gasteiger partial charge >= 0.3 is 6.18 Å². The smallest absolute Gasteiger partial charge is 0.417 e. The quantitative estimate of drug-likeness (QED) is 0.259. The third kappa shape index (κ3) is 7.49. The molecule has 2 N–H and O–H groups in total. The first-order chi connectivity index (χ1) is 12.2. The maximum Gasteiger partial charge on any atom is 0.417 e. The lowest BCUT2D eigenvalue weighted by molar-refractivity contribution is -0.137. The van der Waals surface area contributed by atoms with E-state index >= 15 is 0 Å². The van der Waals surface area contributed by atoms with E-state index in [1.54, 1.807) is 7.05 Å². The van der Waals surface area contributed by atoms with Crippen LogP contribution in [0.2, 0.25) is 5.02 Å². The van der Waals surface area contributed by atoms with Gasteiger partial charge in [-0.3, -0.25) is 4.99 Å². The summed E-state index contributed by atoms with van der Waals surface area (Å²) < 4.78 is 48.7. The maximum absolute atomic E-state index is 12.6. The van der Waals surface area contributed by atoms with Gasteiger partial charge in [0.05, 0.1) is 17.7 Å². The maximum atomic E-state index is 12.6. The normalized spacial score (nSPS) is 20.1. The van der Waals surface area contributed by atoms with Crippen molar-refractivity contribution >= 4 is 41.5 Å². The molecule has 0 aromatic carbocycles. The van der Waals surface area contributed by atoms with Gasteiger partial charge in [0.15, 0.2) is 5.96 Å². The van der Waals surface area contributed by atoms with Gasteiger partial charge < -0.3 is 20.1 Å². The Balaban J connectivity index is 0.00000364. The molecule has 0 aliphatic carbocycles. The van der Waals surface area contributed by atoms with Gasteiger partial charge in [-0.1, -0.05) is 11.6 Å². The van der Waals surface area contributed by atoms with Gasteiger partial charge in [-0.15, -0.1) is 24.0 Å². The molecule has 2 heterocycles. The second-order valence-corrected chi connectivity index (χ2v) is 6.52. The Labute approximate surface area is 178 Å². The monoisotopic (exact) mass is 522 g/mol. The highest BCUT2D eigenvalue weighted by Crippen LogP contribution is 2.33. The first-order valence-electron chi connectivity index (χ1n) is 8.17. The number of nitrogens with zero attached hydrogens (tertiary/aromatic N) is 2. The zero-order valence-corrected chi connectivity index (χ0v) is 18.1. The largest absolute Gasteiger partial charge is 0.475 e. The molecule has 1 aliphatic heterocycles. The average molecular weight is 523 g/mol. The van der Waals surface area contributed by atoms with Gasteiger partial charge in [0.25, 0.3) is 0 Å². The zero-order chi connectivity index (χ0) is 19.2. The standard InChI is InChI=1S/C16H22ClF3N4O2.HI/c1-15(4-3-6-26-15)10-24-14(21-2)22-5-7-25-13-12(17)8-11(9-23-13)16(18,19)20;/h8-9H,3-7,10H2,1-2H3,(H2,21,22,24);1H. The van der Waals surface area contributed by atoms with Crippen molar-refractivity contribution in [3.63, 3.8) is 0 Å². The van der Waals surface area contributed by atoms with Crippen molar-refractivity contribution in [2.45, 2.75) is 31.5 Å². The number of hydrogen-bond acceptors (Lipinski definition) is 4. The van der Waals surface area contributed by atoms with E-state index in [4.69, 9.17) is 21.1 Å². The minimum Gasteiger partial charge on any atom is -0.475 e. The fourth-order valence-corrected chi connectivity index (χ4v) is 2.69. The minimum absolute atomic E-state index is 0. The number of hydrogen-bond donors (Lipinski definition) is 2. The van der Waals surface area contributed by atoms with Crippen molar-refractivity contribution in [1.29, 1.82) is 0 Å². The summed E-state index contributed by atoms with van der Waals surface area (Å²) in [4.78, 5) is 7.71. The van der Waals surface area contributed by atoms with Crippen LogP contribution in [-0.2, 0) is 10.9 Å². The molecule has 1 aromatic heterocycles. The van der Waals surface area contributed by atoms with E-state index in [-0.39, 0.29) is 47.1 Å². The number of halogens is 5. The highest BCUT2D eigenvalue weighted by atomic mass is 127. The summed E-state index contributed by atoms with van der Waals surface area (Å²) >= 11 is 5.78. The van der Waals surface area contributed by atoms with Crippen LogP contribution in [0.25, 0.3) is 0 Å². The third-order valence-electron chi connectivity index (χ3n) is 3.92. The second-order valence-electron chi connectivity index (χ2n) is 6.11.